The molecule has 0 aromatic carbocycles. The summed E-state index contributed by atoms with van der Waals surface area (Å²) in [5, 5.41) is 4.20. The molecule has 0 unspecified atom stereocenters. The van der Waals surface area contributed by atoms with Crippen molar-refractivity contribution in [3.63, 3.8) is 0 Å². The summed E-state index contributed by atoms with van der Waals surface area (Å²) in [6.45, 7) is 1.01. The number of amides is 1. The van der Waals surface area contributed by atoms with E-state index in [1.807, 2.05) is 16.9 Å². The van der Waals surface area contributed by atoms with E-state index in [2.05, 4.69) is 5.10 Å². The van der Waals surface area contributed by atoms with Gasteiger partial charge in [0.15, 0.2) is 0 Å². The van der Waals surface area contributed by atoms with Crippen LogP contribution in [0.2, 0.25) is 0 Å². The van der Waals surface area contributed by atoms with Gasteiger partial charge in [-0.1, -0.05) is 12.8 Å². The Morgan fingerprint density at radius 2 is 1.91 bits per heavy atom. The molecule has 3 atom stereocenters. The number of alkyl halides is 3. The monoisotopic (exact) mass is 329 g/mol. The zero-order valence-corrected chi connectivity index (χ0v) is 13.0. The average Bonchev–Trinajstić information content (AvgIpc) is 3.08. The highest BCUT2D eigenvalue weighted by Gasteiger charge is 2.49. The molecule has 1 aliphatic carbocycles. The predicted octanol–water partition coefficient (Wildman–Crippen LogP) is 3.42. The van der Waals surface area contributed by atoms with E-state index in [4.69, 9.17) is 0 Å². The number of aromatic nitrogens is 2. The third-order valence-electron chi connectivity index (χ3n) is 5.11. The van der Waals surface area contributed by atoms with Crippen molar-refractivity contribution < 1.29 is 18.0 Å². The van der Waals surface area contributed by atoms with Crippen LogP contribution in [-0.2, 0) is 4.79 Å². The quantitative estimate of drug-likeness (QED) is 0.834. The van der Waals surface area contributed by atoms with Gasteiger partial charge in [-0.2, -0.15) is 18.3 Å². The van der Waals surface area contributed by atoms with Crippen molar-refractivity contribution in [2.24, 2.45) is 11.8 Å². The van der Waals surface area contributed by atoms with Crippen LogP contribution in [0.25, 0.3) is 0 Å². The molecule has 4 nitrogen and oxygen atoms in total. The molecule has 2 fully saturated rings. The molecule has 0 radical (unpaired) electrons. The predicted molar refractivity (Wildman–Crippen MR) is 78.6 cm³/mol. The molecule has 3 rings (SSSR count). The number of likely N-dealkylation sites (tertiary alicyclic amines) is 1. The zero-order chi connectivity index (χ0) is 16.4. The first-order valence-corrected chi connectivity index (χ1v) is 8.31. The van der Waals surface area contributed by atoms with Crippen molar-refractivity contribution in [2.75, 3.05) is 13.1 Å². The molecule has 7 heteroatoms. The van der Waals surface area contributed by atoms with Crippen LogP contribution in [0.4, 0.5) is 13.2 Å². The highest BCUT2D eigenvalue weighted by Crippen LogP contribution is 2.42. The molecule has 0 spiro atoms. The number of rotatable bonds is 2. The maximum Gasteiger partial charge on any atom is 0.392 e. The highest BCUT2D eigenvalue weighted by atomic mass is 19.4. The molecule has 2 heterocycles. The lowest BCUT2D eigenvalue weighted by atomic mass is 9.77. The van der Waals surface area contributed by atoms with E-state index < -0.39 is 18.0 Å². The van der Waals surface area contributed by atoms with Gasteiger partial charge in [-0.15, -0.1) is 0 Å². The van der Waals surface area contributed by atoms with E-state index in [9.17, 15) is 18.0 Å². The Labute approximate surface area is 133 Å². The number of halogens is 3. The maximum atomic E-state index is 13.2. The van der Waals surface area contributed by atoms with Crippen LogP contribution in [0.1, 0.15) is 44.6 Å². The topological polar surface area (TPSA) is 38.1 Å². The summed E-state index contributed by atoms with van der Waals surface area (Å²) in [5.74, 6) is -2.70. The molecule has 23 heavy (non-hydrogen) atoms. The van der Waals surface area contributed by atoms with Gasteiger partial charge in [-0.05, 0) is 31.7 Å². The van der Waals surface area contributed by atoms with E-state index in [-0.39, 0.29) is 18.4 Å². The van der Waals surface area contributed by atoms with E-state index in [0.29, 0.717) is 32.4 Å². The Hall–Kier alpha value is -1.53. The molecule has 2 aliphatic rings. The lowest BCUT2D eigenvalue weighted by Gasteiger charge is -2.39. The first-order valence-electron chi connectivity index (χ1n) is 8.31. The molecule has 0 N–H and O–H groups in total. The molecule has 1 aromatic rings. The summed E-state index contributed by atoms with van der Waals surface area (Å²) in [7, 11) is 0. The molecule has 128 valence electrons. The van der Waals surface area contributed by atoms with Crippen molar-refractivity contribution in [1.29, 1.82) is 0 Å². The van der Waals surface area contributed by atoms with Gasteiger partial charge in [-0.25, -0.2) is 0 Å². The van der Waals surface area contributed by atoms with Crippen LogP contribution >= 0.6 is 0 Å². The fraction of sp³-hybridized carbons (Fsp3) is 0.750. The second-order valence-electron chi connectivity index (χ2n) is 6.61. The maximum absolute atomic E-state index is 13.2. The molecule has 1 amide bonds. The number of carbonyl (C=O) groups excluding carboxylic acids is 1. The normalized spacial score (nSPS) is 29.5. The first-order chi connectivity index (χ1) is 11.0. The summed E-state index contributed by atoms with van der Waals surface area (Å²) in [6, 6.07) is 1.89. The van der Waals surface area contributed by atoms with Crippen molar-refractivity contribution >= 4 is 5.91 Å². The van der Waals surface area contributed by atoms with Crippen LogP contribution in [-0.4, -0.2) is 39.9 Å². The number of hydrogen-bond donors (Lipinski definition) is 0. The van der Waals surface area contributed by atoms with Gasteiger partial charge in [-0.3, -0.25) is 9.48 Å². The summed E-state index contributed by atoms with van der Waals surface area (Å²) in [5.41, 5.74) is 0. The third-order valence-corrected chi connectivity index (χ3v) is 5.11. The van der Waals surface area contributed by atoms with Crippen LogP contribution < -0.4 is 0 Å². The summed E-state index contributed by atoms with van der Waals surface area (Å²) < 4.78 is 41.5. The number of carbonyl (C=O) groups is 1. The van der Waals surface area contributed by atoms with Crippen molar-refractivity contribution in [2.45, 2.75) is 50.7 Å². The number of piperidine rings is 1. The van der Waals surface area contributed by atoms with Gasteiger partial charge in [0.25, 0.3) is 0 Å². The van der Waals surface area contributed by atoms with Gasteiger partial charge >= 0.3 is 6.18 Å². The molecular weight excluding hydrogens is 307 g/mol. The summed E-state index contributed by atoms with van der Waals surface area (Å²) in [6.07, 6.45) is 2.65. The Balaban J connectivity index is 1.71. The number of hydrogen-bond acceptors (Lipinski definition) is 2. The largest absolute Gasteiger partial charge is 0.392 e. The minimum Gasteiger partial charge on any atom is -0.340 e. The lowest BCUT2D eigenvalue weighted by Crippen LogP contribution is -2.48. The van der Waals surface area contributed by atoms with Crippen LogP contribution in [0.3, 0.4) is 0 Å². The van der Waals surface area contributed by atoms with Crippen LogP contribution in [0, 0.1) is 11.8 Å². The van der Waals surface area contributed by atoms with E-state index in [1.54, 1.807) is 11.1 Å². The Bertz CT molecular complexity index is 529. The van der Waals surface area contributed by atoms with Crippen LogP contribution in [0.15, 0.2) is 18.5 Å². The molecule has 0 bridgehead atoms. The van der Waals surface area contributed by atoms with Crippen LogP contribution in [0.5, 0.6) is 0 Å². The summed E-state index contributed by atoms with van der Waals surface area (Å²) in [4.78, 5) is 14.4. The lowest BCUT2D eigenvalue weighted by molar-refractivity contribution is -0.201. The second-order valence-corrected chi connectivity index (χ2v) is 6.61. The molecule has 1 saturated heterocycles. The first kappa shape index (κ1) is 16.3. The van der Waals surface area contributed by atoms with Gasteiger partial charge in [0.05, 0.1) is 12.0 Å². The zero-order valence-electron chi connectivity index (χ0n) is 13.0. The van der Waals surface area contributed by atoms with Gasteiger partial charge in [0.2, 0.25) is 5.91 Å². The van der Waals surface area contributed by atoms with E-state index in [0.717, 1.165) is 12.8 Å². The molecule has 1 saturated carbocycles. The van der Waals surface area contributed by atoms with Gasteiger partial charge < -0.3 is 4.90 Å². The Morgan fingerprint density at radius 3 is 2.61 bits per heavy atom. The van der Waals surface area contributed by atoms with E-state index >= 15 is 0 Å². The molecule has 1 aliphatic heterocycles. The Kier molecular flexibility index (Phi) is 4.64. The van der Waals surface area contributed by atoms with E-state index in [1.165, 1.54) is 0 Å². The Morgan fingerprint density at radius 1 is 1.13 bits per heavy atom. The minimum absolute atomic E-state index is 0.0654. The van der Waals surface area contributed by atoms with Crippen molar-refractivity contribution in [3.05, 3.63) is 18.5 Å². The summed E-state index contributed by atoms with van der Waals surface area (Å²) >= 11 is 0. The fourth-order valence-electron chi connectivity index (χ4n) is 3.92. The second kappa shape index (κ2) is 6.53. The fourth-order valence-corrected chi connectivity index (χ4v) is 3.92. The SMILES string of the molecule is O=C([C@@H]1CCCC[C@H]1C(F)(F)F)N1CCC[C@H](n2cccn2)C1. The highest BCUT2D eigenvalue weighted by molar-refractivity contribution is 5.79. The van der Waals surface area contributed by atoms with Gasteiger partial charge in [0, 0.05) is 31.4 Å². The van der Waals surface area contributed by atoms with Crippen molar-refractivity contribution in [3.8, 4) is 0 Å². The van der Waals surface area contributed by atoms with Gasteiger partial charge in [0.1, 0.15) is 0 Å². The molecular formula is C16H22F3N3O. The number of nitrogens with zero attached hydrogens (tertiary/aromatic N) is 3. The smallest absolute Gasteiger partial charge is 0.340 e. The molecule has 1 aromatic heterocycles. The van der Waals surface area contributed by atoms with Crippen molar-refractivity contribution in [1.82, 2.24) is 14.7 Å². The minimum atomic E-state index is -4.28. The third kappa shape index (κ3) is 3.53. The average molecular weight is 329 g/mol. The standard InChI is InChI=1S/C16H22F3N3O/c17-16(18,19)14-7-2-1-6-13(14)15(23)21-9-3-5-12(11-21)22-10-4-8-20-22/h4,8,10,12-14H,1-3,5-7,9,11H2/t12-,13+,14+/m0/s1.